The zero-order chi connectivity index (χ0) is 12.3. The molecule has 3 nitrogen and oxygen atoms in total. The van der Waals surface area contributed by atoms with Crippen LogP contribution in [0.25, 0.3) is 0 Å². The van der Waals surface area contributed by atoms with Gasteiger partial charge in [-0.15, -0.1) is 0 Å². The Balaban J connectivity index is 2.19. The summed E-state index contributed by atoms with van der Waals surface area (Å²) in [6.45, 7) is 2.06. The summed E-state index contributed by atoms with van der Waals surface area (Å²) in [5.74, 6) is 0.342. The molecule has 2 rings (SSSR count). The molecule has 0 spiro atoms. The molecule has 88 valence electrons. The van der Waals surface area contributed by atoms with Gasteiger partial charge in [0.2, 0.25) is 0 Å². The first-order valence-corrected chi connectivity index (χ1v) is 5.46. The molecule has 0 amide bonds. The maximum absolute atomic E-state index is 9.63. The molecule has 1 heterocycles. The lowest BCUT2D eigenvalue weighted by Crippen LogP contribution is -1.93. The molecule has 0 radical (unpaired) electrons. The molecule has 0 bridgehead atoms. The maximum Gasteiger partial charge on any atom is 0.256 e. The van der Waals surface area contributed by atoms with Crippen molar-refractivity contribution < 1.29 is 9.84 Å². The molecule has 0 aliphatic carbocycles. The summed E-state index contributed by atoms with van der Waals surface area (Å²) in [7, 11) is 1.49. The summed E-state index contributed by atoms with van der Waals surface area (Å²) in [5, 5.41) is 9.63. The van der Waals surface area contributed by atoms with E-state index in [1.165, 1.54) is 18.2 Å². The number of rotatable bonds is 3. The van der Waals surface area contributed by atoms with Gasteiger partial charge in [0.1, 0.15) is 0 Å². The van der Waals surface area contributed by atoms with Crippen molar-refractivity contribution in [2.75, 3.05) is 7.11 Å². The topological polar surface area (TPSA) is 42.4 Å². The molecular formula is C14H15NO2. The number of methoxy groups -OCH3 is 1. The third-order valence-electron chi connectivity index (χ3n) is 2.61. The standard InChI is InChI=1S/C14H15NO2/c1-10-3-5-11(6-4-10)7-12-8-13(16)14(17-2)15-9-12/h3-6,8-9,16H,7H2,1-2H3. The number of aromatic nitrogens is 1. The van der Waals surface area contributed by atoms with E-state index in [0.29, 0.717) is 0 Å². The van der Waals surface area contributed by atoms with Gasteiger partial charge in [-0.25, -0.2) is 4.98 Å². The highest BCUT2D eigenvalue weighted by atomic mass is 16.5. The van der Waals surface area contributed by atoms with Crippen molar-refractivity contribution in [3.05, 3.63) is 53.2 Å². The van der Waals surface area contributed by atoms with Crippen LogP contribution in [0.2, 0.25) is 0 Å². The van der Waals surface area contributed by atoms with Crippen LogP contribution < -0.4 is 4.74 Å². The number of aryl methyl sites for hydroxylation is 1. The molecule has 1 aromatic heterocycles. The van der Waals surface area contributed by atoms with Crippen LogP contribution in [0.3, 0.4) is 0 Å². The Morgan fingerprint density at radius 2 is 1.88 bits per heavy atom. The fourth-order valence-electron chi connectivity index (χ4n) is 1.68. The summed E-state index contributed by atoms with van der Waals surface area (Å²) in [6.07, 6.45) is 2.48. The van der Waals surface area contributed by atoms with Crippen LogP contribution >= 0.6 is 0 Å². The summed E-state index contributed by atoms with van der Waals surface area (Å²) >= 11 is 0. The second-order valence-corrected chi connectivity index (χ2v) is 4.03. The first-order valence-electron chi connectivity index (χ1n) is 5.46. The zero-order valence-electron chi connectivity index (χ0n) is 9.97. The van der Waals surface area contributed by atoms with E-state index in [1.807, 2.05) is 0 Å². The van der Waals surface area contributed by atoms with E-state index < -0.39 is 0 Å². The lowest BCUT2D eigenvalue weighted by atomic mass is 10.1. The lowest BCUT2D eigenvalue weighted by molar-refractivity contribution is 0.358. The SMILES string of the molecule is COc1ncc(Cc2ccc(C)cc2)cc1O. The Morgan fingerprint density at radius 3 is 2.47 bits per heavy atom. The molecule has 3 heteroatoms. The predicted octanol–water partition coefficient (Wildman–Crippen LogP) is 2.70. The van der Waals surface area contributed by atoms with Crippen LogP contribution in [-0.2, 0) is 6.42 Å². The highest BCUT2D eigenvalue weighted by Crippen LogP contribution is 2.24. The molecule has 2 aromatic rings. The van der Waals surface area contributed by atoms with Gasteiger partial charge in [-0.05, 0) is 30.5 Å². The molecule has 0 unspecified atom stereocenters. The van der Waals surface area contributed by atoms with Gasteiger partial charge in [0, 0.05) is 6.20 Å². The van der Waals surface area contributed by atoms with Gasteiger partial charge < -0.3 is 9.84 Å². The van der Waals surface area contributed by atoms with E-state index in [9.17, 15) is 5.11 Å². The van der Waals surface area contributed by atoms with Gasteiger partial charge in [0.15, 0.2) is 5.75 Å². The largest absolute Gasteiger partial charge is 0.503 e. The number of nitrogens with zero attached hydrogens (tertiary/aromatic N) is 1. The summed E-state index contributed by atoms with van der Waals surface area (Å²) in [4.78, 5) is 4.04. The fourth-order valence-corrected chi connectivity index (χ4v) is 1.68. The molecule has 1 N–H and O–H groups in total. The second kappa shape index (κ2) is 4.87. The monoisotopic (exact) mass is 229 g/mol. The van der Waals surface area contributed by atoms with Gasteiger partial charge in [-0.1, -0.05) is 29.8 Å². The summed E-state index contributed by atoms with van der Waals surface area (Å²) in [6, 6.07) is 10.00. The van der Waals surface area contributed by atoms with E-state index in [4.69, 9.17) is 4.74 Å². The molecule has 0 atom stereocenters. The van der Waals surface area contributed by atoms with Crippen molar-refractivity contribution in [1.29, 1.82) is 0 Å². The first kappa shape index (κ1) is 11.5. The quantitative estimate of drug-likeness (QED) is 0.879. The Labute approximate surface area is 101 Å². The molecule has 0 saturated heterocycles. The molecule has 0 aliphatic heterocycles. The third kappa shape index (κ3) is 2.75. The number of aromatic hydroxyl groups is 1. The third-order valence-corrected chi connectivity index (χ3v) is 2.61. The zero-order valence-corrected chi connectivity index (χ0v) is 9.97. The van der Waals surface area contributed by atoms with Crippen molar-refractivity contribution in [1.82, 2.24) is 4.98 Å². The van der Waals surface area contributed by atoms with Crippen LogP contribution in [-0.4, -0.2) is 17.2 Å². The molecule has 0 saturated carbocycles. The van der Waals surface area contributed by atoms with E-state index in [0.717, 1.165) is 12.0 Å². The summed E-state index contributed by atoms with van der Waals surface area (Å²) in [5.41, 5.74) is 3.40. The van der Waals surface area contributed by atoms with Crippen LogP contribution in [0.4, 0.5) is 0 Å². The van der Waals surface area contributed by atoms with E-state index in [1.54, 1.807) is 12.3 Å². The van der Waals surface area contributed by atoms with Crippen molar-refractivity contribution in [3.63, 3.8) is 0 Å². The Bertz CT molecular complexity index is 506. The Kier molecular flexibility index (Phi) is 3.28. The molecule has 0 aliphatic rings. The highest BCUT2D eigenvalue weighted by molar-refractivity contribution is 5.37. The minimum absolute atomic E-state index is 0.0807. The van der Waals surface area contributed by atoms with E-state index >= 15 is 0 Å². The highest BCUT2D eigenvalue weighted by Gasteiger charge is 2.04. The van der Waals surface area contributed by atoms with Crippen LogP contribution in [0.15, 0.2) is 36.5 Å². The normalized spacial score (nSPS) is 10.2. The van der Waals surface area contributed by atoms with Crippen LogP contribution in [0, 0.1) is 6.92 Å². The smallest absolute Gasteiger partial charge is 0.256 e. The average molecular weight is 229 g/mol. The fraction of sp³-hybridized carbons (Fsp3) is 0.214. The van der Waals surface area contributed by atoms with E-state index in [2.05, 4.69) is 36.2 Å². The number of hydrogen-bond donors (Lipinski definition) is 1. The van der Waals surface area contributed by atoms with Gasteiger partial charge >= 0.3 is 0 Å². The van der Waals surface area contributed by atoms with Crippen LogP contribution in [0.5, 0.6) is 11.6 Å². The first-order chi connectivity index (χ1) is 8.19. The van der Waals surface area contributed by atoms with Crippen molar-refractivity contribution >= 4 is 0 Å². The average Bonchev–Trinajstić information content (AvgIpc) is 2.32. The lowest BCUT2D eigenvalue weighted by Gasteiger charge is -2.05. The van der Waals surface area contributed by atoms with Crippen molar-refractivity contribution in [2.24, 2.45) is 0 Å². The Morgan fingerprint density at radius 1 is 1.18 bits per heavy atom. The molecular weight excluding hydrogens is 214 g/mol. The number of hydrogen-bond acceptors (Lipinski definition) is 3. The molecule has 0 fully saturated rings. The van der Waals surface area contributed by atoms with Gasteiger partial charge in [-0.3, -0.25) is 0 Å². The van der Waals surface area contributed by atoms with Gasteiger partial charge in [-0.2, -0.15) is 0 Å². The van der Waals surface area contributed by atoms with Gasteiger partial charge in [0.05, 0.1) is 7.11 Å². The van der Waals surface area contributed by atoms with Crippen LogP contribution in [0.1, 0.15) is 16.7 Å². The molecule has 1 aromatic carbocycles. The second-order valence-electron chi connectivity index (χ2n) is 4.03. The number of pyridine rings is 1. The minimum atomic E-state index is 0.0807. The predicted molar refractivity (Wildman–Crippen MR) is 66.4 cm³/mol. The summed E-state index contributed by atoms with van der Waals surface area (Å²) < 4.78 is 4.90. The molecule has 17 heavy (non-hydrogen) atoms. The minimum Gasteiger partial charge on any atom is -0.503 e. The van der Waals surface area contributed by atoms with Crippen molar-refractivity contribution in [2.45, 2.75) is 13.3 Å². The van der Waals surface area contributed by atoms with Crippen molar-refractivity contribution in [3.8, 4) is 11.6 Å². The maximum atomic E-state index is 9.63. The number of benzene rings is 1. The Hall–Kier alpha value is -2.03. The van der Waals surface area contributed by atoms with Gasteiger partial charge in [0.25, 0.3) is 5.88 Å². The van der Waals surface area contributed by atoms with E-state index in [-0.39, 0.29) is 11.6 Å². The number of ether oxygens (including phenoxy) is 1.